The highest BCUT2D eigenvalue weighted by Crippen LogP contribution is 2.37. The van der Waals surface area contributed by atoms with E-state index in [0.29, 0.717) is 11.3 Å². The lowest BCUT2D eigenvalue weighted by atomic mass is 10.2. The number of fused-ring (bicyclic) bond motifs is 2. The number of hydrogen-bond donors (Lipinski definition) is 1. The van der Waals surface area contributed by atoms with Crippen molar-refractivity contribution in [2.45, 2.75) is 16.7 Å². The molecule has 102 valence electrons. The smallest absolute Gasteiger partial charge is 0.257 e. The number of rotatable bonds is 0. The van der Waals surface area contributed by atoms with Crippen molar-refractivity contribution in [2.24, 2.45) is 0 Å². The molecule has 0 bridgehead atoms. The van der Waals surface area contributed by atoms with Gasteiger partial charge in [-0.3, -0.25) is 9.78 Å². The fourth-order valence-electron chi connectivity index (χ4n) is 2.12. The molecule has 0 aliphatic carbocycles. The molecule has 1 aromatic heterocycles. The fourth-order valence-corrected chi connectivity index (χ4v) is 4.06. The minimum absolute atomic E-state index is 0.0713. The summed E-state index contributed by atoms with van der Waals surface area (Å²) in [5.41, 5.74) is 1.08. The molecule has 0 fully saturated rings. The van der Waals surface area contributed by atoms with Gasteiger partial charge < -0.3 is 5.32 Å². The third kappa shape index (κ3) is 1.77. The van der Waals surface area contributed by atoms with Gasteiger partial charge in [0, 0.05) is 16.9 Å². The van der Waals surface area contributed by atoms with E-state index in [1.165, 1.54) is 24.5 Å². The fraction of sp³-hybridized carbons (Fsp3) is 0.0769. The maximum absolute atomic E-state index is 12.7. The summed E-state index contributed by atoms with van der Waals surface area (Å²) in [6, 6.07) is 4.53. The summed E-state index contributed by atoms with van der Waals surface area (Å²) in [7, 11) is -3.78. The Morgan fingerprint density at radius 1 is 1.20 bits per heavy atom. The van der Waals surface area contributed by atoms with Gasteiger partial charge in [-0.05, 0) is 30.7 Å². The second-order valence-electron chi connectivity index (χ2n) is 4.37. The lowest BCUT2D eigenvalue weighted by molar-refractivity contribution is 0.102. The van der Waals surface area contributed by atoms with E-state index in [0.717, 1.165) is 4.47 Å². The largest absolute Gasteiger partial charge is 0.320 e. The number of amides is 1. The van der Waals surface area contributed by atoms with Crippen molar-refractivity contribution in [1.29, 1.82) is 0 Å². The quantitative estimate of drug-likeness (QED) is 0.790. The van der Waals surface area contributed by atoms with Gasteiger partial charge in [-0.1, -0.05) is 15.9 Å². The molecule has 20 heavy (non-hydrogen) atoms. The molecule has 1 amide bonds. The number of nitrogens with zero attached hydrogens (tertiary/aromatic N) is 1. The van der Waals surface area contributed by atoms with Crippen LogP contribution in [0.5, 0.6) is 0 Å². The summed E-state index contributed by atoms with van der Waals surface area (Å²) >= 11 is 3.33. The average molecular weight is 353 g/mol. The molecule has 0 radical (unpaired) electrons. The monoisotopic (exact) mass is 352 g/mol. The third-order valence-electron chi connectivity index (χ3n) is 3.21. The molecule has 0 atom stereocenters. The summed E-state index contributed by atoms with van der Waals surface area (Å²) in [4.78, 5) is 16.0. The maximum atomic E-state index is 12.7. The first kappa shape index (κ1) is 13.3. The number of halogens is 1. The SMILES string of the molecule is Cc1c(Br)ccc2c1NC(=O)c1ccncc1S2(=O)=O. The highest BCUT2D eigenvalue weighted by Gasteiger charge is 2.32. The molecule has 0 saturated carbocycles. The Labute approximate surface area is 124 Å². The number of nitrogens with one attached hydrogen (secondary N) is 1. The van der Waals surface area contributed by atoms with Crippen LogP contribution in [0.2, 0.25) is 0 Å². The van der Waals surface area contributed by atoms with Gasteiger partial charge in [-0.25, -0.2) is 8.42 Å². The summed E-state index contributed by atoms with van der Waals surface area (Å²) < 4.78 is 26.1. The van der Waals surface area contributed by atoms with Crippen molar-refractivity contribution in [1.82, 2.24) is 4.98 Å². The van der Waals surface area contributed by atoms with Crippen molar-refractivity contribution < 1.29 is 13.2 Å². The number of aromatic nitrogens is 1. The standard InChI is InChI=1S/C13H9BrN2O3S/c1-7-9(14)2-3-10-12(7)16-13(17)8-4-5-15-6-11(8)20(10,18)19/h2-6H,1H3,(H,16,17). The highest BCUT2D eigenvalue weighted by molar-refractivity contribution is 9.10. The minimum Gasteiger partial charge on any atom is -0.320 e. The summed E-state index contributed by atoms with van der Waals surface area (Å²) in [5.74, 6) is -0.453. The molecular weight excluding hydrogens is 344 g/mol. The lowest BCUT2D eigenvalue weighted by Crippen LogP contribution is -2.12. The van der Waals surface area contributed by atoms with Crippen molar-refractivity contribution in [2.75, 3.05) is 5.32 Å². The van der Waals surface area contributed by atoms with Crippen molar-refractivity contribution >= 4 is 37.4 Å². The topological polar surface area (TPSA) is 76.1 Å². The molecule has 2 heterocycles. The van der Waals surface area contributed by atoms with E-state index < -0.39 is 15.7 Å². The second kappa shape index (κ2) is 4.39. The first-order valence-corrected chi connectivity index (χ1v) is 8.00. The van der Waals surface area contributed by atoms with Gasteiger partial charge in [0.05, 0.1) is 16.1 Å². The Hall–Kier alpha value is -1.73. The number of sulfone groups is 1. The minimum atomic E-state index is -3.78. The van der Waals surface area contributed by atoms with Gasteiger partial charge >= 0.3 is 0 Å². The van der Waals surface area contributed by atoms with E-state index in [1.807, 2.05) is 0 Å². The Balaban J connectivity index is 2.44. The van der Waals surface area contributed by atoms with E-state index in [2.05, 4.69) is 26.2 Å². The maximum Gasteiger partial charge on any atom is 0.257 e. The van der Waals surface area contributed by atoms with Crippen molar-refractivity contribution in [3.05, 3.63) is 46.2 Å². The zero-order chi connectivity index (χ0) is 14.5. The summed E-state index contributed by atoms with van der Waals surface area (Å²) in [6.45, 7) is 1.74. The Bertz CT molecular complexity index is 847. The first-order chi connectivity index (χ1) is 9.43. The Kier molecular flexibility index (Phi) is 2.91. The van der Waals surface area contributed by atoms with Crippen LogP contribution >= 0.6 is 15.9 Å². The van der Waals surface area contributed by atoms with Gasteiger partial charge in [-0.15, -0.1) is 0 Å². The van der Waals surface area contributed by atoms with Gasteiger partial charge in [0.2, 0.25) is 9.84 Å². The Morgan fingerprint density at radius 3 is 2.70 bits per heavy atom. The number of benzene rings is 1. The highest BCUT2D eigenvalue weighted by atomic mass is 79.9. The van der Waals surface area contributed by atoms with Gasteiger partial charge in [0.25, 0.3) is 5.91 Å². The predicted octanol–water partition coefficient (Wildman–Crippen LogP) is 2.55. The molecule has 7 heteroatoms. The molecular formula is C13H9BrN2O3S. The molecule has 3 rings (SSSR count). The molecule has 1 N–H and O–H groups in total. The van der Waals surface area contributed by atoms with E-state index in [1.54, 1.807) is 13.0 Å². The number of anilines is 1. The molecule has 1 aromatic carbocycles. The number of carbonyl (C=O) groups excluding carboxylic acids is 1. The van der Waals surface area contributed by atoms with E-state index in [4.69, 9.17) is 0 Å². The molecule has 5 nitrogen and oxygen atoms in total. The normalized spacial score (nSPS) is 15.8. The number of carbonyl (C=O) groups is 1. The zero-order valence-corrected chi connectivity index (χ0v) is 12.7. The van der Waals surface area contributed by atoms with Gasteiger partial charge in [-0.2, -0.15) is 0 Å². The molecule has 0 spiro atoms. The lowest BCUT2D eigenvalue weighted by Gasteiger charge is -2.11. The molecule has 2 aromatic rings. The van der Waals surface area contributed by atoms with Crippen LogP contribution < -0.4 is 5.32 Å². The summed E-state index contributed by atoms with van der Waals surface area (Å²) in [6.07, 6.45) is 2.60. The molecule has 0 saturated heterocycles. The van der Waals surface area contributed by atoms with Crippen LogP contribution in [0.1, 0.15) is 15.9 Å². The van der Waals surface area contributed by atoms with Crippen LogP contribution in [0.25, 0.3) is 0 Å². The third-order valence-corrected chi connectivity index (χ3v) is 5.89. The summed E-state index contributed by atoms with van der Waals surface area (Å²) in [5, 5.41) is 2.67. The van der Waals surface area contributed by atoms with E-state index in [9.17, 15) is 13.2 Å². The molecule has 1 aliphatic rings. The van der Waals surface area contributed by atoms with Crippen molar-refractivity contribution in [3.8, 4) is 0 Å². The number of hydrogen-bond acceptors (Lipinski definition) is 4. The van der Waals surface area contributed by atoms with Crippen LogP contribution in [-0.4, -0.2) is 19.3 Å². The van der Waals surface area contributed by atoms with E-state index >= 15 is 0 Å². The molecule has 0 unspecified atom stereocenters. The second-order valence-corrected chi connectivity index (χ2v) is 7.12. The van der Waals surface area contributed by atoms with Crippen LogP contribution in [0, 0.1) is 6.92 Å². The van der Waals surface area contributed by atoms with Crippen LogP contribution in [0.15, 0.2) is 44.9 Å². The molecule has 1 aliphatic heterocycles. The predicted molar refractivity (Wildman–Crippen MR) is 76.5 cm³/mol. The van der Waals surface area contributed by atoms with E-state index in [-0.39, 0.29) is 15.4 Å². The first-order valence-electron chi connectivity index (χ1n) is 5.72. The van der Waals surface area contributed by atoms with Crippen LogP contribution in [-0.2, 0) is 9.84 Å². The van der Waals surface area contributed by atoms with Crippen LogP contribution in [0.4, 0.5) is 5.69 Å². The van der Waals surface area contributed by atoms with Crippen LogP contribution in [0.3, 0.4) is 0 Å². The zero-order valence-electron chi connectivity index (χ0n) is 10.3. The average Bonchev–Trinajstić information content (AvgIpc) is 2.51. The van der Waals surface area contributed by atoms with Crippen molar-refractivity contribution in [3.63, 3.8) is 0 Å². The Morgan fingerprint density at radius 2 is 1.95 bits per heavy atom. The van der Waals surface area contributed by atoms with Gasteiger partial charge in [0.15, 0.2) is 0 Å². The number of pyridine rings is 1. The van der Waals surface area contributed by atoms with Gasteiger partial charge in [0.1, 0.15) is 4.90 Å².